The number of amides is 1. The van der Waals surface area contributed by atoms with Crippen LogP contribution in [-0.2, 0) is 0 Å². The van der Waals surface area contributed by atoms with Gasteiger partial charge in [0.1, 0.15) is 17.1 Å². The molecular formula is C19H28N2O3. The summed E-state index contributed by atoms with van der Waals surface area (Å²) in [6.45, 7) is 2.16. The number of piperidine rings is 1. The molecule has 5 heteroatoms. The summed E-state index contributed by atoms with van der Waals surface area (Å²) >= 11 is 0. The van der Waals surface area contributed by atoms with E-state index in [4.69, 9.17) is 9.47 Å². The Hall–Kier alpha value is -1.75. The van der Waals surface area contributed by atoms with Gasteiger partial charge in [-0.1, -0.05) is 18.9 Å². The molecule has 0 spiro atoms. The maximum Gasteiger partial charge on any atom is 0.259 e. The van der Waals surface area contributed by atoms with Crippen molar-refractivity contribution < 1.29 is 14.3 Å². The van der Waals surface area contributed by atoms with E-state index < -0.39 is 0 Å². The van der Waals surface area contributed by atoms with E-state index in [0.717, 1.165) is 32.0 Å². The van der Waals surface area contributed by atoms with Gasteiger partial charge >= 0.3 is 0 Å². The summed E-state index contributed by atoms with van der Waals surface area (Å²) in [5.74, 6) is 0.995. The molecule has 5 nitrogen and oxygen atoms in total. The third-order valence-electron chi connectivity index (χ3n) is 5.36. The van der Waals surface area contributed by atoms with Gasteiger partial charge in [0.15, 0.2) is 0 Å². The Morgan fingerprint density at radius 2 is 1.62 bits per heavy atom. The van der Waals surface area contributed by atoms with Crippen LogP contribution >= 0.6 is 0 Å². The summed E-state index contributed by atoms with van der Waals surface area (Å²) < 4.78 is 10.7. The van der Waals surface area contributed by atoms with E-state index in [9.17, 15) is 4.79 Å². The predicted molar refractivity (Wildman–Crippen MR) is 93.9 cm³/mol. The first-order valence-corrected chi connectivity index (χ1v) is 8.99. The monoisotopic (exact) mass is 332 g/mol. The number of nitrogens with one attached hydrogen (secondary N) is 1. The molecule has 1 aromatic rings. The van der Waals surface area contributed by atoms with Gasteiger partial charge in [-0.2, -0.15) is 0 Å². The molecule has 24 heavy (non-hydrogen) atoms. The molecule has 1 saturated carbocycles. The number of likely N-dealkylation sites (tertiary alicyclic amines) is 1. The van der Waals surface area contributed by atoms with Crippen molar-refractivity contribution in [3.05, 3.63) is 23.8 Å². The Labute approximate surface area is 144 Å². The van der Waals surface area contributed by atoms with Gasteiger partial charge in [0, 0.05) is 25.2 Å². The molecule has 1 aromatic carbocycles. The van der Waals surface area contributed by atoms with E-state index in [1.165, 1.54) is 25.7 Å². The topological polar surface area (TPSA) is 50.8 Å². The summed E-state index contributed by atoms with van der Waals surface area (Å²) in [6, 6.07) is 6.41. The molecule has 0 radical (unpaired) electrons. The molecule has 0 aromatic heterocycles. The Kier molecular flexibility index (Phi) is 5.61. The van der Waals surface area contributed by atoms with Crippen LogP contribution < -0.4 is 14.8 Å². The smallest absolute Gasteiger partial charge is 0.259 e. The van der Waals surface area contributed by atoms with Gasteiger partial charge in [-0.3, -0.25) is 4.79 Å². The second-order valence-corrected chi connectivity index (χ2v) is 6.76. The van der Waals surface area contributed by atoms with Crippen molar-refractivity contribution >= 4 is 5.91 Å². The van der Waals surface area contributed by atoms with Crippen LogP contribution in [0, 0.1) is 0 Å². The van der Waals surface area contributed by atoms with Gasteiger partial charge in [-0.15, -0.1) is 0 Å². The van der Waals surface area contributed by atoms with Crippen molar-refractivity contribution in [2.75, 3.05) is 27.3 Å². The number of hydrogen-bond donors (Lipinski definition) is 1. The van der Waals surface area contributed by atoms with Gasteiger partial charge < -0.3 is 19.7 Å². The van der Waals surface area contributed by atoms with E-state index in [0.29, 0.717) is 17.1 Å². The van der Waals surface area contributed by atoms with Crippen LogP contribution in [0.4, 0.5) is 0 Å². The molecule has 1 saturated heterocycles. The number of carbonyl (C=O) groups excluding carboxylic acids is 1. The maximum absolute atomic E-state index is 12.7. The van der Waals surface area contributed by atoms with Gasteiger partial charge in [0.25, 0.3) is 5.91 Å². The lowest BCUT2D eigenvalue weighted by atomic mass is 10.0. The van der Waals surface area contributed by atoms with Gasteiger partial charge in [-0.05, 0) is 37.8 Å². The van der Waals surface area contributed by atoms with Crippen molar-refractivity contribution in [2.24, 2.45) is 0 Å². The highest BCUT2D eigenvalue weighted by Gasteiger charge is 2.28. The number of carbonyl (C=O) groups is 1. The van der Waals surface area contributed by atoms with Crippen LogP contribution in [0.3, 0.4) is 0 Å². The summed E-state index contributed by atoms with van der Waals surface area (Å²) in [4.78, 5) is 15.3. The zero-order valence-electron chi connectivity index (χ0n) is 14.7. The van der Waals surface area contributed by atoms with Crippen LogP contribution in [0.25, 0.3) is 0 Å². The minimum absolute atomic E-state index is 0.108. The SMILES string of the molecule is COc1cccc(OC)c1C(=O)NC1CCN(C2CCCC2)CC1. The highest BCUT2D eigenvalue weighted by molar-refractivity contribution is 5.99. The standard InChI is InChI=1S/C19H28N2O3/c1-23-16-8-5-9-17(24-2)18(16)19(22)20-14-10-12-21(13-11-14)15-6-3-4-7-15/h5,8-9,14-15H,3-4,6-7,10-13H2,1-2H3,(H,20,22). The fourth-order valence-electron chi connectivity index (χ4n) is 4.01. The Morgan fingerprint density at radius 3 is 2.17 bits per heavy atom. The molecule has 1 N–H and O–H groups in total. The number of nitrogens with zero attached hydrogens (tertiary/aromatic N) is 1. The zero-order valence-corrected chi connectivity index (χ0v) is 14.7. The fourth-order valence-corrected chi connectivity index (χ4v) is 4.01. The molecule has 0 unspecified atom stereocenters. The second-order valence-electron chi connectivity index (χ2n) is 6.76. The Bertz CT molecular complexity index is 539. The van der Waals surface area contributed by atoms with E-state index in [1.54, 1.807) is 26.4 Å². The molecule has 1 aliphatic heterocycles. The third kappa shape index (κ3) is 3.66. The normalized spacial score (nSPS) is 20.1. The highest BCUT2D eigenvalue weighted by Crippen LogP contribution is 2.29. The number of benzene rings is 1. The van der Waals surface area contributed by atoms with Gasteiger partial charge in [0.05, 0.1) is 14.2 Å². The molecule has 1 amide bonds. The molecule has 1 heterocycles. The quantitative estimate of drug-likeness (QED) is 0.901. The van der Waals surface area contributed by atoms with Crippen LogP contribution in [-0.4, -0.2) is 50.2 Å². The van der Waals surface area contributed by atoms with Crippen molar-refractivity contribution in [2.45, 2.75) is 50.6 Å². The van der Waals surface area contributed by atoms with E-state index in [-0.39, 0.29) is 11.9 Å². The summed E-state index contributed by atoms with van der Waals surface area (Å²) in [7, 11) is 3.15. The zero-order chi connectivity index (χ0) is 16.9. The Morgan fingerprint density at radius 1 is 1.04 bits per heavy atom. The average molecular weight is 332 g/mol. The molecule has 132 valence electrons. The van der Waals surface area contributed by atoms with E-state index >= 15 is 0 Å². The fraction of sp³-hybridized carbons (Fsp3) is 0.632. The van der Waals surface area contributed by atoms with E-state index in [2.05, 4.69) is 10.2 Å². The minimum Gasteiger partial charge on any atom is -0.496 e. The number of ether oxygens (including phenoxy) is 2. The first-order valence-electron chi connectivity index (χ1n) is 8.99. The summed E-state index contributed by atoms with van der Waals surface area (Å²) in [5, 5.41) is 3.17. The molecule has 2 fully saturated rings. The summed E-state index contributed by atoms with van der Waals surface area (Å²) in [6.07, 6.45) is 7.45. The van der Waals surface area contributed by atoms with Crippen LogP contribution in [0.1, 0.15) is 48.9 Å². The number of rotatable bonds is 5. The maximum atomic E-state index is 12.7. The third-order valence-corrected chi connectivity index (χ3v) is 5.36. The predicted octanol–water partition coefficient (Wildman–Crippen LogP) is 2.84. The Balaban J connectivity index is 1.60. The largest absolute Gasteiger partial charge is 0.496 e. The summed E-state index contributed by atoms with van der Waals surface area (Å²) in [5.41, 5.74) is 0.487. The minimum atomic E-state index is -0.108. The molecule has 3 rings (SSSR count). The van der Waals surface area contributed by atoms with Gasteiger partial charge in [0.2, 0.25) is 0 Å². The molecule has 1 aliphatic carbocycles. The van der Waals surface area contributed by atoms with Crippen molar-refractivity contribution in [1.82, 2.24) is 10.2 Å². The molecule has 2 aliphatic rings. The molecular weight excluding hydrogens is 304 g/mol. The second kappa shape index (κ2) is 7.88. The van der Waals surface area contributed by atoms with Crippen molar-refractivity contribution in [3.63, 3.8) is 0 Å². The van der Waals surface area contributed by atoms with Crippen LogP contribution in [0.2, 0.25) is 0 Å². The highest BCUT2D eigenvalue weighted by atomic mass is 16.5. The average Bonchev–Trinajstić information content (AvgIpc) is 3.16. The van der Waals surface area contributed by atoms with Gasteiger partial charge in [-0.25, -0.2) is 0 Å². The number of methoxy groups -OCH3 is 2. The lowest BCUT2D eigenvalue weighted by molar-refractivity contribution is 0.0886. The van der Waals surface area contributed by atoms with Crippen molar-refractivity contribution in [3.8, 4) is 11.5 Å². The lowest BCUT2D eigenvalue weighted by Crippen LogP contribution is -2.47. The first-order chi connectivity index (χ1) is 11.7. The lowest BCUT2D eigenvalue weighted by Gasteiger charge is -2.36. The molecule has 0 bridgehead atoms. The van der Waals surface area contributed by atoms with Crippen LogP contribution in [0.15, 0.2) is 18.2 Å². The van der Waals surface area contributed by atoms with Crippen LogP contribution in [0.5, 0.6) is 11.5 Å². The molecule has 0 atom stereocenters. The van der Waals surface area contributed by atoms with Crippen molar-refractivity contribution in [1.29, 1.82) is 0 Å². The first kappa shape index (κ1) is 17.1. The number of hydrogen-bond acceptors (Lipinski definition) is 4. The van der Waals surface area contributed by atoms with E-state index in [1.807, 2.05) is 6.07 Å².